The number of nitrogens with zero attached hydrogens (tertiary/aromatic N) is 1. The van der Waals surface area contributed by atoms with Crippen molar-refractivity contribution in [1.82, 2.24) is 4.90 Å². The third-order valence-corrected chi connectivity index (χ3v) is 3.45. The molecule has 1 aliphatic heterocycles. The minimum absolute atomic E-state index is 0.369. The molecular formula is C11H23N. The summed E-state index contributed by atoms with van der Waals surface area (Å²) in [6, 6.07) is 0. The summed E-state index contributed by atoms with van der Waals surface area (Å²) < 4.78 is 0. The minimum Gasteiger partial charge on any atom is -0.297 e. The molecule has 1 heterocycles. The molecule has 12 heavy (non-hydrogen) atoms. The Morgan fingerprint density at radius 3 is 1.83 bits per heavy atom. The molecule has 1 aliphatic rings. The van der Waals surface area contributed by atoms with Gasteiger partial charge >= 0.3 is 0 Å². The maximum atomic E-state index is 2.56. The highest BCUT2D eigenvalue weighted by molar-refractivity contribution is 4.98. The highest BCUT2D eigenvalue weighted by Crippen LogP contribution is 2.40. The van der Waals surface area contributed by atoms with Crippen LogP contribution in [0.15, 0.2) is 0 Å². The van der Waals surface area contributed by atoms with Crippen molar-refractivity contribution in [2.75, 3.05) is 13.1 Å². The topological polar surface area (TPSA) is 3.24 Å². The summed E-state index contributed by atoms with van der Waals surface area (Å²) in [5.41, 5.74) is 0.946. The van der Waals surface area contributed by atoms with Gasteiger partial charge in [-0.05, 0) is 32.1 Å². The smallest absolute Gasteiger partial charge is 0.0125 e. The Morgan fingerprint density at radius 1 is 1.17 bits per heavy atom. The zero-order valence-electron chi connectivity index (χ0n) is 9.44. The maximum Gasteiger partial charge on any atom is 0.0125 e. The Kier molecular flexibility index (Phi) is 2.28. The Bertz CT molecular complexity index is 158. The molecule has 0 aromatic carbocycles. The van der Waals surface area contributed by atoms with Gasteiger partial charge in [0.2, 0.25) is 0 Å². The average molecular weight is 169 g/mol. The fourth-order valence-corrected chi connectivity index (χ4v) is 1.67. The van der Waals surface area contributed by atoms with Gasteiger partial charge in [-0.2, -0.15) is 0 Å². The first kappa shape index (κ1) is 10.0. The van der Waals surface area contributed by atoms with Crippen molar-refractivity contribution >= 4 is 0 Å². The van der Waals surface area contributed by atoms with Gasteiger partial charge in [-0.25, -0.2) is 0 Å². The fourth-order valence-electron chi connectivity index (χ4n) is 1.67. The van der Waals surface area contributed by atoms with E-state index in [9.17, 15) is 0 Å². The predicted octanol–water partition coefficient (Wildman–Crippen LogP) is 2.76. The molecule has 0 aromatic heterocycles. The van der Waals surface area contributed by atoms with Gasteiger partial charge in [-0.1, -0.05) is 20.8 Å². The van der Waals surface area contributed by atoms with E-state index in [0.717, 1.165) is 5.92 Å². The second-order valence-corrected chi connectivity index (χ2v) is 5.84. The summed E-state index contributed by atoms with van der Waals surface area (Å²) in [7, 11) is 0. The summed E-state index contributed by atoms with van der Waals surface area (Å²) in [6.45, 7) is 16.5. The van der Waals surface area contributed by atoms with Crippen LogP contribution >= 0.6 is 0 Å². The van der Waals surface area contributed by atoms with Crippen LogP contribution in [0.2, 0.25) is 0 Å². The highest BCUT2D eigenvalue weighted by Gasteiger charge is 2.44. The van der Waals surface area contributed by atoms with Crippen molar-refractivity contribution < 1.29 is 0 Å². The lowest BCUT2D eigenvalue weighted by molar-refractivity contribution is -0.0737. The quantitative estimate of drug-likeness (QED) is 0.583. The molecule has 0 N–H and O–H groups in total. The van der Waals surface area contributed by atoms with Crippen molar-refractivity contribution in [3.05, 3.63) is 0 Å². The Morgan fingerprint density at radius 2 is 1.58 bits per heavy atom. The summed E-state index contributed by atoms with van der Waals surface area (Å²) in [5, 5.41) is 0. The van der Waals surface area contributed by atoms with Crippen LogP contribution in [-0.4, -0.2) is 23.5 Å². The maximum absolute atomic E-state index is 2.56. The van der Waals surface area contributed by atoms with E-state index in [1.54, 1.807) is 0 Å². The lowest BCUT2D eigenvalue weighted by Gasteiger charge is -2.56. The van der Waals surface area contributed by atoms with Gasteiger partial charge in [-0.3, -0.25) is 4.90 Å². The van der Waals surface area contributed by atoms with Gasteiger partial charge in [0, 0.05) is 18.6 Å². The normalized spacial score (nSPS) is 24.2. The zero-order valence-corrected chi connectivity index (χ0v) is 9.44. The van der Waals surface area contributed by atoms with Gasteiger partial charge in [0.05, 0.1) is 0 Å². The van der Waals surface area contributed by atoms with Crippen molar-refractivity contribution in [2.24, 2.45) is 11.3 Å². The number of hydrogen-bond acceptors (Lipinski definition) is 1. The Labute approximate surface area is 77.1 Å². The largest absolute Gasteiger partial charge is 0.297 e. The standard InChI is InChI=1S/C11H23N/c1-9(2)11(6)7-12(8-11)10(3,4)5/h9H,7-8H2,1-6H3. The molecule has 0 saturated carbocycles. The first-order chi connectivity index (χ1) is 5.26. The summed E-state index contributed by atoms with van der Waals surface area (Å²) in [5.74, 6) is 0.816. The molecule has 0 amide bonds. The SMILES string of the molecule is CC(C)C1(C)CN(C(C)(C)C)C1. The van der Waals surface area contributed by atoms with Crippen molar-refractivity contribution in [2.45, 2.75) is 47.1 Å². The number of likely N-dealkylation sites (tertiary alicyclic amines) is 1. The summed E-state index contributed by atoms with van der Waals surface area (Å²) in [6.07, 6.45) is 0. The molecule has 72 valence electrons. The van der Waals surface area contributed by atoms with Crippen molar-refractivity contribution in [1.29, 1.82) is 0 Å². The first-order valence-electron chi connectivity index (χ1n) is 5.01. The van der Waals surface area contributed by atoms with Crippen LogP contribution in [-0.2, 0) is 0 Å². The zero-order chi connectivity index (χ0) is 9.57. The second-order valence-electron chi connectivity index (χ2n) is 5.84. The minimum atomic E-state index is 0.369. The van der Waals surface area contributed by atoms with Crippen LogP contribution in [0.4, 0.5) is 0 Å². The van der Waals surface area contributed by atoms with Crippen molar-refractivity contribution in [3.8, 4) is 0 Å². The van der Waals surface area contributed by atoms with E-state index in [-0.39, 0.29) is 0 Å². The van der Waals surface area contributed by atoms with Gasteiger partial charge in [0.15, 0.2) is 0 Å². The Balaban J connectivity index is 2.47. The molecule has 1 nitrogen and oxygen atoms in total. The molecule has 0 atom stereocenters. The van der Waals surface area contributed by atoms with E-state index >= 15 is 0 Å². The molecule has 0 aromatic rings. The van der Waals surface area contributed by atoms with Crippen LogP contribution in [0.1, 0.15) is 41.5 Å². The van der Waals surface area contributed by atoms with E-state index in [4.69, 9.17) is 0 Å². The van der Waals surface area contributed by atoms with Crippen LogP contribution in [0.3, 0.4) is 0 Å². The van der Waals surface area contributed by atoms with Crippen LogP contribution < -0.4 is 0 Å². The molecule has 0 unspecified atom stereocenters. The van der Waals surface area contributed by atoms with Crippen LogP contribution in [0, 0.1) is 11.3 Å². The van der Waals surface area contributed by atoms with Gasteiger partial charge in [0.1, 0.15) is 0 Å². The molecule has 0 spiro atoms. The third-order valence-electron chi connectivity index (χ3n) is 3.45. The van der Waals surface area contributed by atoms with E-state index in [1.165, 1.54) is 13.1 Å². The van der Waals surface area contributed by atoms with Gasteiger partial charge in [-0.15, -0.1) is 0 Å². The molecule has 1 saturated heterocycles. The number of rotatable bonds is 1. The highest BCUT2D eigenvalue weighted by atomic mass is 15.3. The van der Waals surface area contributed by atoms with Crippen molar-refractivity contribution in [3.63, 3.8) is 0 Å². The van der Waals surface area contributed by atoms with Crippen LogP contribution in [0.25, 0.3) is 0 Å². The number of hydrogen-bond donors (Lipinski definition) is 0. The Hall–Kier alpha value is -0.0400. The van der Waals surface area contributed by atoms with E-state index in [1.807, 2.05) is 0 Å². The van der Waals surface area contributed by atoms with Gasteiger partial charge < -0.3 is 0 Å². The summed E-state index contributed by atoms with van der Waals surface area (Å²) >= 11 is 0. The molecular weight excluding hydrogens is 146 g/mol. The van der Waals surface area contributed by atoms with E-state index in [2.05, 4.69) is 46.4 Å². The fraction of sp³-hybridized carbons (Fsp3) is 1.00. The molecule has 1 rings (SSSR count). The predicted molar refractivity (Wildman–Crippen MR) is 54.3 cm³/mol. The average Bonchev–Trinajstić information content (AvgIpc) is 1.77. The third kappa shape index (κ3) is 1.66. The molecule has 0 bridgehead atoms. The molecule has 1 heteroatoms. The summed E-state index contributed by atoms with van der Waals surface area (Å²) in [4.78, 5) is 2.56. The monoisotopic (exact) mass is 169 g/mol. The molecule has 0 aliphatic carbocycles. The first-order valence-corrected chi connectivity index (χ1v) is 5.01. The van der Waals surface area contributed by atoms with E-state index < -0.39 is 0 Å². The lowest BCUT2D eigenvalue weighted by atomic mass is 9.71. The van der Waals surface area contributed by atoms with E-state index in [0.29, 0.717) is 11.0 Å². The van der Waals surface area contributed by atoms with Gasteiger partial charge in [0.25, 0.3) is 0 Å². The second kappa shape index (κ2) is 2.73. The molecule has 0 radical (unpaired) electrons. The molecule has 1 fully saturated rings. The lowest BCUT2D eigenvalue weighted by Crippen LogP contribution is -2.63. The van der Waals surface area contributed by atoms with Crippen LogP contribution in [0.5, 0.6) is 0 Å².